The molecule has 1 fully saturated rings. The number of nitrogens with one attached hydrogen (secondary N) is 1. The van der Waals surface area contributed by atoms with Crippen LogP contribution in [0.15, 0.2) is 42.5 Å². The number of amides is 1. The van der Waals surface area contributed by atoms with E-state index in [-0.39, 0.29) is 11.7 Å². The molecule has 1 saturated heterocycles. The van der Waals surface area contributed by atoms with Gasteiger partial charge in [-0.2, -0.15) is 0 Å². The topological polar surface area (TPSA) is 57.8 Å². The van der Waals surface area contributed by atoms with Gasteiger partial charge in [-0.15, -0.1) is 0 Å². The van der Waals surface area contributed by atoms with Crippen molar-refractivity contribution in [2.45, 2.75) is 6.54 Å². The fourth-order valence-corrected chi connectivity index (χ4v) is 3.94. The van der Waals surface area contributed by atoms with E-state index in [0.717, 1.165) is 36.6 Å². The molecule has 2 aliphatic rings. The average molecular weight is 395 g/mol. The summed E-state index contributed by atoms with van der Waals surface area (Å²) in [6.07, 6.45) is 0. The molecule has 5 rings (SSSR count). The standard InChI is InChI=1S/C22H22FN3O3/c23-17-2-3-18-16(12-17)13-19(24-18)22(27)26-7-5-25(6-8-26)14-15-1-4-20-21(11-15)29-10-9-28-20/h1-4,11-13,24H,5-10,14H2. The third-order valence-electron chi connectivity index (χ3n) is 5.49. The minimum atomic E-state index is -0.303. The Morgan fingerprint density at radius 2 is 1.76 bits per heavy atom. The average Bonchev–Trinajstić information content (AvgIpc) is 3.17. The molecule has 1 aromatic heterocycles. The van der Waals surface area contributed by atoms with Crippen molar-refractivity contribution in [3.8, 4) is 11.5 Å². The van der Waals surface area contributed by atoms with Gasteiger partial charge in [0.25, 0.3) is 5.91 Å². The third-order valence-corrected chi connectivity index (χ3v) is 5.49. The van der Waals surface area contributed by atoms with Gasteiger partial charge < -0.3 is 19.4 Å². The molecule has 0 radical (unpaired) electrons. The molecule has 1 amide bonds. The van der Waals surface area contributed by atoms with Gasteiger partial charge in [-0.3, -0.25) is 9.69 Å². The van der Waals surface area contributed by atoms with E-state index in [2.05, 4.69) is 16.0 Å². The van der Waals surface area contributed by atoms with Crippen LogP contribution in [0.5, 0.6) is 11.5 Å². The Kier molecular flexibility index (Phi) is 4.60. The highest BCUT2D eigenvalue weighted by atomic mass is 19.1. The van der Waals surface area contributed by atoms with Gasteiger partial charge >= 0.3 is 0 Å². The van der Waals surface area contributed by atoms with Gasteiger partial charge in [-0.05, 0) is 42.0 Å². The van der Waals surface area contributed by atoms with Gasteiger partial charge in [0, 0.05) is 43.6 Å². The quantitative estimate of drug-likeness (QED) is 0.741. The Bertz CT molecular complexity index is 1060. The molecule has 0 aliphatic carbocycles. The fourth-order valence-electron chi connectivity index (χ4n) is 3.94. The minimum absolute atomic E-state index is 0.0411. The molecule has 2 aliphatic heterocycles. The van der Waals surface area contributed by atoms with Crippen LogP contribution in [0, 0.1) is 5.82 Å². The van der Waals surface area contributed by atoms with E-state index in [9.17, 15) is 9.18 Å². The second kappa shape index (κ2) is 7.40. The Balaban J connectivity index is 1.21. The van der Waals surface area contributed by atoms with E-state index in [4.69, 9.17) is 9.47 Å². The lowest BCUT2D eigenvalue weighted by atomic mass is 10.1. The van der Waals surface area contributed by atoms with Crippen LogP contribution < -0.4 is 9.47 Å². The highest BCUT2D eigenvalue weighted by molar-refractivity contribution is 5.98. The number of halogens is 1. The predicted molar refractivity (Wildman–Crippen MR) is 107 cm³/mol. The summed E-state index contributed by atoms with van der Waals surface area (Å²) in [6, 6.07) is 12.3. The second-order valence-electron chi connectivity index (χ2n) is 7.46. The Hall–Kier alpha value is -3.06. The number of nitrogens with zero attached hydrogens (tertiary/aromatic N) is 2. The van der Waals surface area contributed by atoms with Gasteiger partial charge in [0.05, 0.1) is 0 Å². The minimum Gasteiger partial charge on any atom is -0.486 e. The number of carbonyl (C=O) groups excluding carboxylic acids is 1. The summed E-state index contributed by atoms with van der Waals surface area (Å²) >= 11 is 0. The zero-order valence-corrected chi connectivity index (χ0v) is 16.0. The molecule has 3 heterocycles. The lowest BCUT2D eigenvalue weighted by Crippen LogP contribution is -2.48. The summed E-state index contributed by atoms with van der Waals surface area (Å²) in [4.78, 5) is 20.1. The molecule has 0 saturated carbocycles. The number of hydrogen-bond acceptors (Lipinski definition) is 4. The maximum atomic E-state index is 13.4. The van der Waals surface area contributed by atoms with Crippen LogP contribution in [0.2, 0.25) is 0 Å². The largest absolute Gasteiger partial charge is 0.486 e. The number of rotatable bonds is 3. The van der Waals surface area contributed by atoms with Gasteiger partial charge in [-0.1, -0.05) is 6.07 Å². The van der Waals surface area contributed by atoms with Crippen LogP contribution in [0.1, 0.15) is 16.1 Å². The molecule has 0 unspecified atom stereocenters. The number of H-pyrrole nitrogens is 1. The number of carbonyl (C=O) groups is 1. The van der Waals surface area contributed by atoms with Crippen molar-refractivity contribution in [1.82, 2.24) is 14.8 Å². The van der Waals surface area contributed by atoms with Crippen LogP contribution in [-0.2, 0) is 6.54 Å². The third kappa shape index (κ3) is 3.65. The summed E-state index contributed by atoms with van der Waals surface area (Å²) in [5.41, 5.74) is 2.45. The van der Waals surface area contributed by atoms with Crippen LogP contribution in [0.25, 0.3) is 10.9 Å². The van der Waals surface area contributed by atoms with Crippen LogP contribution in [0.3, 0.4) is 0 Å². The summed E-state index contributed by atoms with van der Waals surface area (Å²) in [7, 11) is 0. The maximum absolute atomic E-state index is 13.4. The molecule has 7 heteroatoms. The number of piperazine rings is 1. The van der Waals surface area contributed by atoms with Crippen molar-refractivity contribution in [2.75, 3.05) is 39.4 Å². The molecule has 6 nitrogen and oxygen atoms in total. The normalized spacial score (nSPS) is 16.9. The fraction of sp³-hybridized carbons (Fsp3) is 0.318. The number of fused-ring (bicyclic) bond motifs is 2. The summed E-state index contributed by atoms with van der Waals surface area (Å²) in [5, 5.41) is 0.714. The first-order valence-corrected chi connectivity index (χ1v) is 9.84. The lowest BCUT2D eigenvalue weighted by Gasteiger charge is -2.34. The van der Waals surface area contributed by atoms with Crippen LogP contribution in [0.4, 0.5) is 4.39 Å². The number of aromatic amines is 1. The van der Waals surface area contributed by atoms with Crippen molar-refractivity contribution in [2.24, 2.45) is 0 Å². The van der Waals surface area contributed by atoms with Crippen molar-refractivity contribution in [3.63, 3.8) is 0 Å². The van der Waals surface area contributed by atoms with Crippen LogP contribution >= 0.6 is 0 Å². The van der Waals surface area contributed by atoms with E-state index >= 15 is 0 Å². The summed E-state index contributed by atoms with van der Waals surface area (Å²) in [6.45, 7) is 4.90. The SMILES string of the molecule is O=C(c1cc2cc(F)ccc2[nH]1)N1CCN(Cc2ccc3c(c2)OCCO3)CC1. The smallest absolute Gasteiger partial charge is 0.270 e. The first-order chi connectivity index (χ1) is 14.2. The van der Waals surface area contributed by atoms with Crippen LogP contribution in [-0.4, -0.2) is 60.1 Å². The molecule has 0 atom stereocenters. The second-order valence-corrected chi connectivity index (χ2v) is 7.46. The summed E-state index contributed by atoms with van der Waals surface area (Å²) in [5.74, 6) is 1.26. The van der Waals surface area contributed by atoms with Crippen molar-refractivity contribution in [3.05, 3.63) is 59.5 Å². The first kappa shape index (κ1) is 18.0. The van der Waals surface area contributed by atoms with Crippen molar-refractivity contribution >= 4 is 16.8 Å². The lowest BCUT2D eigenvalue weighted by molar-refractivity contribution is 0.0623. The number of aromatic nitrogens is 1. The molecule has 0 bridgehead atoms. The van der Waals surface area contributed by atoms with Gasteiger partial charge in [0.2, 0.25) is 0 Å². The maximum Gasteiger partial charge on any atom is 0.270 e. The zero-order chi connectivity index (χ0) is 19.8. The van der Waals surface area contributed by atoms with E-state index in [1.54, 1.807) is 12.1 Å². The van der Waals surface area contributed by atoms with E-state index in [1.165, 1.54) is 17.7 Å². The van der Waals surface area contributed by atoms with Gasteiger partial charge in [-0.25, -0.2) is 4.39 Å². The Morgan fingerprint density at radius 1 is 0.966 bits per heavy atom. The molecule has 2 aromatic carbocycles. The van der Waals surface area contributed by atoms with Crippen molar-refractivity contribution < 1.29 is 18.7 Å². The molecular weight excluding hydrogens is 373 g/mol. The molecule has 0 spiro atoms. The molecule has 3 aromatic rings. The number of benzene rings is 2. The predicted octanol–water partition coefficient (Wildman–Crippen LogP) is 3.04. The first-order valence-electron chi connectivity index (χ1n) is 9.84. The Morgan fingerprint density at radius 3 is 2.59 bits per heavy atom. The van der Waals surface area contributed by atoms with E-state index in [0.29, 0.717) is 37.4 Å². The zero-order valence-electron chi connectivity index (χ0n) is 16.0. The number of ether oxygens (including phenoxy) is 2. The van der Waals surface area contributed by atoms with E-state index < -0.39 is 0 Å². The molecule has 150 valence electrons. The van der Waals surface area contributed by atoms with E-state index in [1.807, 2.05) is 17.0 Å². The molecule has 1 N–H and O–H groups in total. The van der Waals surface area contributed by atoms with Gasteiger partial charge in [0.15, 0.2) is 11.5 Å². The molecule has 29 heavy (non-hydrogen) atoms. The molecular formula is C22H22FN3O3. The number of hydrogen-bond donors (Lipinski definition) is 1. The van der Waals surface area contributed by atoms with Gasteiger partial charge in [0.1, 0.15) is 24.7 Å². The monoisotopic (exact) mass is 395 g/mol. The van der Waals surface area contributed by atoms with Crippen molar-refractivity contribution in [1.29, 1.82) is 0 Å². The highest BCUT2D eigenvalue weighted by Gasteiger charge is 2.24. The highest BCUT2D eigenvalue weighted by Crippen LogP contribution is 2.31. The Labute approximate surface area is 167 Å². The summed E-state index contributed by atoms with van der Waals surface area (Å²) < 4.78 is 24.6.